The number of carbonyl (C=O) groups is 1. The molecule has 1 atom stereocenters. The largest absolute Gasteiger partial charge is 0.382 e. The van der Waals surface area contributed by atoms with Crippen molar-refractivity contribution in [3.63, 3.8) is 0 Å². The molecule has 1 aromatic rings. The molecular weight excluding hydrogens is 214 g/mol. The number of nitrogens with two attached hydrogens (primary N) is 1. The van der Waals surface area contributed by atoms with Gasteiger partial charge in [-0.1, -0.05) is 0 Å². The monoisotopic (exact) mass is 229 g/mol. The summed E-state index contributed by atoms with van der Waals surface area (Å²) in [6.45, 7) is 4.65. The second kappa shape index (κ2) is 5.20. The van der Waals surface area contributed by atoms with Gasteiger partial charge in [0.1, 0.15) is 6.10 Å². The number of aryl methyl sites for hydroxylation is 2. The Morgan fingerprint density at radius 3 is 2.80 bits per heavy atom. The van der Waals surface area contributed by atoms with E-state index in [1.54, 1.807) is 11.3 Å². The summed E-state index contributed by atoms with van der Waals surface area (Å²) in [6, 6.07) is 0. The highest BCUT2D eigenvalue weighted by Gasteiger charge is 2.10. The van der Waals surface area contributed by atoms with Crippen LogP contribution in [0.5, 0.6) is 0 Å². The zero-order chi connectivity index (χ0) is 11.4. The first kappa shape index (κ1) is 12.1. The summed E-state index contributed by atoms with van der Waals surface area (Å²) in [5.41, 5.74) is 5.90. The van der Waals surface area contributed by atoms with Crippen LogP contribution in [0.4, 0.5) is 0 Å². The summed E-state index contributed by atoms with van der Waals surface area (Å²) in [7, 11) is 0. The number of hydrogen-bond acceptors (Lipinski definition) is 5. The molecule has 4 N–H and O–H groups in total. The SMILES string of the molecule is Cc1nc(C)c(CNCC(O)C(N)=O)s1. The second-order valence-corrected chi connectivity index (χ2v) is 4.58. The Kier molecular flexibility index (Phi) is 4.19. The van der Waals surface area contributed by atoms with Crippen LogP contribution in [0.15, 0.2) is 0 Å². The van der Waals surface area contributed by atoms with E-state index in [0.29, 0.717) is 6.54 Å². The van der Waals surface area contributed by atoms with Gasteiger partial charge in [0.15, 0.2) is 0 Å². The summed E-state index contributed by atoms with van der Waals surface area (Å²) in [4.78, 5) is 15.9. The molecule has 84 valence electrons. The van der Waals surface area contributed by atoms with Crippen molar-refractivity contribution in [3.8, 4) is 0 Å². The molecule has 0 radical (unpaired) electrons. The zero-order valence-electron chi connectivity index (χ0n) is 8.78. The standard InChI is InChI=1S/C9H15N3O2S/c1-5-8(15-6(2)12-5)4-11-3-7(13)9(10)14/h7,11,13H,3-4H2,1-2H3,(H2,10,14). The molecule has 0 aromatic carbocycles. The molecule has 0 aliphatic heterocycles. The van der Waals surface area contributed by atoms with Crippen LogP contribution >= 0.6 is 11.3 Å². The Morgan fingerprint density at radius 2 is 2.33 bits per heavy atom. The lowest BCUT2D eigenvalue weighted by Gasteiger charge is -2.07. The van der Waals surface area contributed by atoms with Gasteiger partial charge in [0, 0.05) is 18.0 Å². The average Bonchev–Trinajstić information content (AvgIpc) is 2.45. The van der Waals surface area contributed by atoms with E-state index in [9.17, 15) is 4.79 Å². The summed E-state index contributed by atoms with van der Waals surface area (Å²) in [6.07, 6.45) is -1.13. The predicted molar refractivity (Wildman–Crippen MR) is 58.5 cm³/mol. The maximum Gasteiger partial charge on any atom is 0.247 e. The first-order valence-corrected chi connectivity index (χ1v) is 5.43. The van der Waals surface area contributed by atoms with Crippen molar-refractivity contribution in [2.24, 2.45) is 5.73 Å². The number of aliphatic hydroxyl groups is 1. The zero-order valence-corrected chi connectivity index (χ0v) is 9.60. The van der Waals surface area contributed by atoms with Crippen molar-refractivity contribution in [1.29, 1.82) is 0 Å². The molecule has 0 spiro atoms. The maximum atomic E-state index is 10.5. The van der Waals surface area contributed by atoms with Crippen LogP contribution < -0.4 is 11.1 Å². The molecule has 5 nitrogen and oxygen atoms in total. The second-order valence-electron chi connectivity index (χ2n) is 3.29. The van der Waals surface area contributed by atoms with Gasteiger partial charge in [-0.15, -0.1) is 11.3 Å². The van der Waals surface area contributed by atoms with Gasteiger partial charge in [-0.25, -0.2) is 4.98 Å². The van der Waals surface area contributed by atoms with Crippen molar-refractivity contribution >= 4 is 17.2 Å². The number of primary amides is 1. The molecule has 1 unspecified atom stereocenters. The Hall–Kier alpha value is -0.980. The van der Waals surface area contributed by atoms with Crippen LogP contribution in [0.1, 0.15) is 15.6 Å². The van der Waals surface area contributed by atoms with Crippen LogP contribution in [0, 0.1) is 13.8 Å². The number of nitrogens with one attached hydrogen (secondary N) is 1. The van der Waals surface area contributed by atoms with E-state index in [0.717, 1.165) is 15.6 Å². The van der Waals surface area contributed by atoms with Crippen molar-refractivity contribution in [1.82, 2.24) is 10.3 Å². The van der Waals surface area contributed by atoms with Crippen molar-refractivity contribution < 1.29 is 9.90 Å². The molecule has 1 amide bonds. The van der Waals surface area contributed by atoms with Crippen LogP contribution in [0.3, 0.4) is 0 Å². The summed E-state index contributed by atoms with van der Waals surface area (Å²) < 4.78 is 0. The van der Waals surface area contributed by atoms with E-state index in [2.05, 4.69) is 10.3 Å². The van der Waals surface area contributed by atoms with Gasteiger partial charge in [-0.2, -0.15) is 0 Å². The van der Waals surface area contributed by atoms with Gasteiger partial charge in [0.05, 0.1) is 10.7 Å². The topological polar surface area (TPSA) is 88.2 Å². The van der Waals surface area contributed by atoms with Crippen molar-refractivity contribution in [3.05, 3.63) is 15.6 Å². The Labute approximate surface area is 92.3 Å². The van der Waals surface area contributed by atoms with Crippen LogP contribution in [-0.2, 0) is 11.3 Å². The molecule has 1 heterocycles. The molecule has 0 saturated heterocycles. The van der Waals surface area contributed by atoms with Gasteiger partial charge >= 0.3 is 0 Å². The molecule has 6 heteroatoms. The lowest BCUT2D eigenvalue weighted by atomic mass is 10.3. The van der Waals surface area contributed by atoms with E-state index in [1.165, 1.54) is 0 Å². The average molecular weight is 229 g/mol. The quantitative estimate of drug-likeness (QED) is 0.646. The van der Waals surface area contributed by atoms with E-state index >= 15 is 0 Å². The number of aromatic nitrogens is 1. The number of rotatable bonds is 5. The maximum absolute atomic E-state index is 10.5. The lowest BCUT2D eigenvalue weighted by Crippen LogP contribution is -2.37. The molecular formula is C9H15N3O2S. The Balaban J connectivity index is 2.38. The lowest BCUT2D eigenvalue weighted by molar-refractivity contribution is -0.125. The summed E-state index contributed by atoms with van der Waals surface area (Å²) >= 11 is 1.60. The number of aliphatic hydroxyl groups excluding tert-OH is 1. The van der Waals surface area contributed by atoms with Crippen LogP contribution in [-0.4, -0.2) is 28.6 Å². The minimum atomic E-state index is -1.13. The number of nitrogens with zero attached hydrogens (tertiary/aromatic N) is 1. The first-order valence-electron chi connectivity index (χ1n) is 4.61. The molecule has 0 bridgehead atoms. The van der Waals surface area contributed by atoms with E-state index in [-0.39, 0.29) is 6.54 Å². The number of amides is 1. The first-order chi connectivity index (χ1) is 7.00. The van der Waals surface area contributed by atoms with Gasteiger partial charge < -0.3 is 16.2 Å². The Morgan fingerprint density at radius 1 is 1.67 bits per heavy atom. The molecule has 1 rings (SSSR count). The normalized spacial score (nSPS) is 12.7. The molecule has 0 saturated carbocycles. The van der Waals surface area contributed by atoms with Crippen molar-refractivity contribution in [2.45, 2.75) is 26.5 Å². The highest BCUT2D eigenvalue weighted by molar-refractivity contribution is 7.11. The van der Waals surface area contributed by atoms with Gasteiger partial charge in [-0.3, -0.25) is 4.79 Å². The fourth-order valence-electron chi connectivity index (χ4n) is 1.16. The molecule has 0 aliphatic rings. The minimum Gasteiger partial charge on any atom is -0.382 e. The van der Waals surface area contributed by atoms with Gasteiger partial charge in [0.2, 0.25) is 5.91 Å². The third-order valence-corrected chi connectivity index (χ3v) is 3.02. The number of carbonyl (C=O) groups excluding carboxylic acids is 1. The third kappa shape index (κ3) is 3.58. The Bertz CT molecular complexity index is 351. The highest BCUT2D eigenvalue weighted by Crippen LogP contribution is 2.16. The molecule has 0 aliphatic carbocycles. The highest BCUT2D eigenvalue weighted by atomic mass is 32.1. The number of hydrogen-bond donors (Lipinski definition) is 3. The fraction of sp³-hybridized carbons (Fsp3) is 0.556. The smallest absolute Gasteiger partial charge is 0.247 e. The van der Waals surface area contributed by atoms with Crippen molar-refractivity contribution in [2.75, 3.05) is 6.54 Å². The fourth-order valence-corrected chi connectivity index (χ4v) is 2.07. The summed E-state index contributed by atoms with van der Waals surface area (Å²) in [5, 5.41) is 13.1. The molecule has 15 heavy (non-hydrogen) atoms. The van der Waals surface area contributed by atoms with Gasteiger partial charge in [-0.05, 0) is 13.8 Å². The number of thiazole rings is 1. The van der Waals surface area contributed by atoms with Crippen LogP contribution in [0.2, 0.25) is 0 Å². The molecule has 1 aromatic heterocycles. The summed E-state index contributed by atoms with van der Waals surface area (Å²) in [5.74, 6) is -0.709. The third-order valence-electron chi connectivity index (χ3n) is 1.95. The van der Waals surface area contributed by atoms with E-state index in [4.69, 9.17) is 10.8 Å². The van der Waals surface area contributed by atoms with Gasteiger partial charge in [0.25, 0.3) is 0 Å². The molecule has 0 fully saturated rings. The predicted octanol–water partition coefficient (Wildman–Crippen LogP) is -0.304. The van der Waals surface area contributed by atoms with E-state index < -0.39 is 12.0 Å². The van der Waals surface area contributed by atoms with E-state index in [1.807, 2.05) is 13.8 Å². The minimum absolute atomic E-state index is 0.172. The van der Waals surface area contributed by atoms with Crippen LogP contribution in [0.25, 0.3) is 0 Å².